The summed E-state index contributed by atoms with van der Waals surface area (Å²) in [7, 11) is 0. The van der Waals surface area contributed by atoms with Crippen molar-refractivity contribution < 1.29 is 14.6 Å². The van der Waals surface area contributed by atoms with Gasteiger partial charge >= 0.3 is 6.09 Å². The minimum atomic E-state index is -0.686. The van der Waals surface area contributed by atoms with Crippen LogP contribution in [0, 0.1) is 5.92 Å². The molecular weight excluding hydrogens is 266 g/mol. The summed E-state index contributed by atoms with van der Waals surface area (Å²) in [6, 6.07) is 9.73. The molecule has 1 aliphatic carbocycles. The van der Waals surface area contributed by atoms with E-state index in [1.165, 1.54) is 0 Å². The predicted octanol–water partition coefficient (Wildman–Crippen LogP) is 3.24. The molecule has 2 N–H and O–H groups in total. The molecule has 2 atom stereocenters. The summed E-state index contributed by atoms with van der Waals surface area (Å²) >= 11 is 0. The van der Waals surface area contributed by atoms with Crippen molar-refractivity contribution in [2.75, 3.05) is 0 Å². The highest BCUT2D eigenvalue weighted by Gasteiger charge is 2.32. The van der Waals surface area contributed by atoms with E-state index in [2.05, 4.69) is 5.32 Å². The highest BCUT2D eigenvalue weighted by molar-refractivity contribution is 5.67. The second kappa shape index (κ2) is 6.94. The van der Waals surface area contributed by atoms with E-state index >= 15 is 0 Å². The highest BCUT2D eigenvalue weighted by Crippen LogP contribution is 2.32. The fourth-order valence-electron chi connectivity index (χ4n) is 2.89. The second-order valence-electron chi connectivity index (χ2n) is 6.42. The van der Waals surface area contributed by atoms with Crippen LogP contribution in [0.15, 0.2) is 30.3 Å². The molecule has 1 aliphatic rings. The summed E-state index contributed by atoms with van der Waals surface area (Å²) in [5, 5.41) is 13.0. The topological polar surface area (TPSA) is 58.6 Å². The molecule has 4 heteroatoms. The van der Waals surface area contributed by atoms with Crippen LogP contribution in [0.1, 0.15) is 45.1 Å². The van der Waals surface area contributed by atoms with Crippen LogP contribution in [0.25, 0.3) is 0 Å². The Morgan fingerprint density at radius 1 is 1.33 bits per heavy atom. The van der Waals surface area contributed by atoms with E-state index in [9.17, 15) is 9.90 Å². The molecule has 21 heavy (non-hydrogen) atoms. The SMILES string of the molecule is CC(C)(O)[C@H]1CCC[C@H](NC(=O)OCc2ccccc2)C1. The van der Waals surface area contributed by atoms with Crippen molar-refractivity contribution in [1.29, 1.82) is 0 Å². The Kier molecular flexibility index (Phi) is 5.23. The van der Waals surface area contributed by atoms with Crippen molar-refractivity contribution in [3.05, 3.63) is 35.9 Å². The molecule has 1 aromatic rings. The molecule has 2 rings (SSSR count). The lowest BCUT2D eigenvalue weighted by Gasteiger charge is -2.36. The number of alkyl carbamates (subject to hydrolysis) is 1. The molecule has 0 radical (unpaired) electrons. The molecule has 0 heterocycles. The fourth-order valence-corrected chi connectivity index (χ4v) is 2.89. The van der Waals surface area contributed by atoms with Gasteiger partial charge in [0.2, 0.25) is 0 Å². The monoisotopic (exact) mass is 291 g/mol. The zero-order chi connectivity index (χ0) is 15.3. The summed E-state index contributed by atoms with van der Waals surface area (Å²) in [5.74, 6) is 0.227. The van der Waals surface area contributed by atoms with Crippen LogP contribution in [-0.4, -0.2) is 22.8 Å². The van der Waals surface area contributed by atoms with Gasteiger partial charge in [0.25, 0.3) is 0 Å². The molecule has 1 saturated carbocycles. The van der Waals surface area contributed by atoms with Crippen molar-refractivity contribution in [3.8, 4) is 0 Å². The van der Waals surface area contributed by atoms with Crippen LogP contribution >= 0.6 is 0 Å². The standard InChI is InChI=1S/C17H25NO3/c1-17(2,20)14-9-6-10-15(11-14)18-16(19)21-12-13-7-4-3-5-8-13/h3-5,7-8,14-15,20H,6,9-12H2,1-2H3,(H,18,19)/t14-,15-/m0/s1. The van der Waals surface area contributed by atoms with Crippen molar-refractivity contribution in [1.82, 2.24) is 5.32 Å². The number of nitrogens with one attached hydrogen (secondary N) is 1. The molecule has 4 nitrogen and oxygen atoms in total. The molecule has 1 amide bonds. The minimum Gasteiger partial charge on any atom is -0.445 e. The fraction of sp³-hybridized carbons (Fsp3) is 0.588. The number of amides is 1. The number of carbonyl (C=O) groups excluding carboxylic acids is 1. The molecule has 0 saturated heterocycles. The van der Waals surface area contributed by atoms with Crippen LogP contribution in [0.4, 0.5) is 4.79 Å². The van der Waals surface area contributed by atoms with Gasteiger partial charge in [0.05, 0.1) is 5.60 Å². The maximum Gasteiger partial charge on any atom is 0.407 e. The number of carbonyl (C=O) groups is 1. The minimum absolute atomic E-state index is 0.0958. The molecule has 116 valence electrons. The second-order valence-corrected chi connectivity index (χ2v) is 6.42. The molecule has 0 unspecified atom stereocenters. The van der Waals surface area contributed by atoms with Gasteiger partial charge in [0.1, 0.15) is 6.61 Å². The van der Waals surface area contributed by atoms with Crippen LogP contribution in [-0.2, 0) is 11.3 Å². The van der Waals surface area contributed by atoms with Crippen LogP contribution < -0.4 is 5.32 Å². The van der Waals surface area contributed by atoms with Gasteiger partial charge in [0.15, 0.2) is 0 Å². The molecule has 1 fully saturated rings. The van der Waals surface area contributed by atoms with Crippen LogP contribution in [0.3, 0.4) is 0 Å². The van der Waals surface area contributed by atoms with Gasteiger partial charge in [-0.25, -0.2) is 4.79 Å². The first-order chi connectivity index (χ1) is 9.95. The predicted molar refractivity (Wildman–Crippen MR) is 81.8 cm³/mol. The molecule has 0 aromatic heterocycles. The lowest BCUT2D eigenvalue weighted by atomic mass is 9.77. The average molecular weight is 291 g/mol. The van der Waals surface area contributed by atoms with Gasteiger partial charge in [0, 0.05) is 6.04 Å². The number of aliphatic hydroxyl groups is 1. The Labute approximate surface area is 126 Å². The van der Waals surface area contributed by atoms with E-state index in [1.807, 2.05) is 44.2 Å². The zero-order valence-corrected chi connectivity index (χ0v) is 12.8. The molecule has 0 spiro atoms. The van der Waals surface area contributed by atoms with Gasteiger partial charge < -0.3 is 15.2 Å². The Bertz CT molecular complexity index is 453. The van der Waals surface area contributed by atoms with Crippen LogP contribution in [0.2, 0.25) is 0 Å². The first kappa shape index (κ1) is 15.8. The molecule has 1 aromatic carbocycles. The van der Waals surface area contributed by atoms with Gasteiger partial charge in [-0.15, -0.1) is 0 Å². The summed E-state index contributed by atoms with van der Waals surface area (Å²) in [5.41, 5.74) is 0.291. The number of hydrogen-bond donors (Lipinski definition) is 2. The number of benzene rings is 1. The van der Waals surface area contributed by atoms with E-state index in [1.54, 1.807) is 0 Å². The van der Waals surface area contributed by atoms with Crippen LogP contribution in [0.5, 0.6) is 0 Å². The van der Waals surface area contributed by atoms with E-state index in [0.717, 1.165) is 31.2 Å². The quantitative estimate of drug-likeness (QED) is 0.895. The largest absolute Gasteiger partial charge is 0.445 e. The van der Waals surface area contributed by atoms with Gasteiger partial charge in [-0.05, 0) is 44.6 Å². The van der Waals surface area contributed by atoms with Crippen molar-refractivity contribution in [3.63, 3.8) is 0 Å². The summed E-state index contributed by atoms with van der Waals surface area (Å²) < 4.78 is 5.24. The molecule has 0 aliphatic heterocycles. The smallest absolute Gasteiger partial charge is 0.407 e. The number of hydrogen-bond acceptors (Lipinski definition) is 3. The summed E-state index contributed by atoms with van der Waals surface area (Å²) in [4.78, 5) is 11.8. The van der Waals surface area contributed by atoms with Gasteiger partial charge in [-0.3, -0.25) is 0 Å². The van der Waals surface area contributed by atoms with E-state index in [-0.39, 0.29) is 24.7 Å². The lowest BCUT2D eigenvalue weighted by molar-refractivity contribution is -0.00525. The van der Waals surface area contributed by atoms with E-state index in [4.69, 9.17) is 4.74 Å². The van der Waals surface area contributed by atoms with Crippen molar-refractivity contribution >= 4 is 6.09 Å². The third-order valence-electron chi connectivity index (χ3n) is 4.21. The number of ether oxygens (including phenoxy) is 1. The third kappa shape index (κ3) is 5.05. The maximum absolute atomic E-state index is 11.8. The third-order valence-corrected chi connectivity index (χ3v) is 4.21. The zero-order valence-electron chi connectivity index (χ0n) is 12.8. The highest BCUT2D eigenvalue weighted by atomic mass is 16.5. The van der Waals surface area contributed by atoms with E-state index in [0.29, 0.717) is 0 Å². The Hall–Kier alpha value is -1.55. The first-order valence-electron chi connectivity index (χ1n) is 7.65. The average Bonchev–Trinajstić information content (AvgIpc) is 2.46. The number of rotatable bonds is 4. The lowest BCUT2D eigenvalue weighted by Crippen LogP contribution is -2.43. The summed E-state index contributed by atoms with van der Waals surface area (Å²) in [6.45, 7) is 3.97. The Morgan fingerprint density at radius 2 is 2.05 bits per heavy atom. The van der Waals surface area contributed by atoms with Gasteiger partial charge in [-0.2, -0.15) is 0 Å². The van der Waals surface area contributed by atoms with E-state index < -0.39 is 5.60 Å². The van der Waals surface area contributed by atoms with Crippen molar-refractivity contribution in [2.24, 2.45) is 5.92 Å². The Morgan fingerprint density at radius 3 is 2.71 bits per heavy atom. The molecule has 0 bridgehead atoms. The van der Waals surface area contributed by atoms with Gasteiger partial charge in [-0.1, -0.05) is 36.8 Å². The maximum atomic E-state index is 11.8. The summed E-state index contributed by atoms with van der Waals surface area (Å²) in [6.07, 6.45) is 3.43. The first-order valence-corrected chi connectivity index (χ1v) is 7.65. The molecular formula is C17H25NO3. The Balaban J connectivity index is 1.77. The van der Waals surface area contributed by atoms with Crippen molar-refractivity contribution in [2.45, 2.75) is 57.8 Å². The normalized spacial score (nSPS) is 22.6.